The van der Waals surface area contributed by atoms with Gasteiger partial charge in [0.1, 0.15) is 16.9 Å². The number of hydrogen-bond donors (Lipinski definition) is 1. The summed E-state index contributed by atoms with van der Waals surface area (Å²) in [7, 11) is 2.08. The standard InChI is InChI=1S/C18H19N5O/c1-11-4-6-15-18(12(11)2)20-17(19-15)10-23(3)9-13-5-7-14-16(8-13)22-24-21-14/h4-8H,9-10H2,1-3H3,(H,19,20). The van der Waals surface area contributed by atoms with E-state index in [0.29, 0.717) is 0 Å². The molecule has 2 aromatic carbocycles. The van der Waals surface area contributed by atoms with Crippen LogP contribution in [-0.4, -0.2) is 32.2 Å². The first-order valence-electron chi connectivity index (χ1n) is 7.95. The lowest BCUT2D eigenvalue weighted by Crippen LogP contribution is -2.18. The van der Waals surface area contributed by atoms with Gasteiger partial charge in [-0.25, -0.2) is 9.61 Å². The second-order valence-corrected chi connectivity index (χ2v) is 6.35. The minimum absolute atomic E-state index is 0.752. The van der Waals surface area contributed by atoms with Crippen molar-refractivity contribution in [1.82, 2.24) is 25.2 Å². The molecule has 0 spiro atoms. The molecule has 0 atom stereocenters. The SMILES string of the molecule is Cc1ccc2[nH]c(CN(C)Cc3ccc4nonc4c3)nc2c1C. The number of imidazole rings is 1. The highest BCUT2D eigenvalue weighted by Crippen LogP contribution is 2.20. The van der Waals surface area contributed by atoms with E-state index in [1.165, 1.54) is 16.7 Å². The van der Waals surface area contributed by atoms with E-state index in [1.807, 2.05) is 12.1 Å². The largest absolute Gasteiger partial charge is 0.341 e. The van der Waals surface area contributed by atoms with Gasteiger partial charge in [0.15, 0.2) is 0 Å². The summed E-state index contributed by atoms with van der Waals surface area (Å²) in [6.45, 7) is 5.79. The zero-order valence-electron chi connectivity index (χ0n) is 14.0. The fourth-order valence-electron chi connectivity index (χ4n) is 2.99. The predicted octanol–water partition coefficient (Wildman–Crippen LogP) is 3.35. The van der Waals surface area contributed by atoms with Gasteiger partial charge in [-0.05, 0) is 66.1 Å². The van der Waals surface area contributed by atoms with Gasteiger partial charge in [0.05, 0.1) is 17.6 Å². The van der Waals surface area contributed by atoms with Gasteiger partial charge in [-0.1, -0.05) is 12.1 Å². The monoisotopic (exact) mass is 321 g/mol. The number of nitrogens with zero attached hydrogens (tertiary/aromatic N) is 4. The number of aryl methyl sites for hydroxylation is 2. The number of H-pyrrole nitrogens is 1. The van der Waals surface area contributed by atoms with E-state index in [0.717, 1.165) is 41.0 Å². The van der Waals surface area contributed by atoms with E-state index < -0.39 is 0 Å². The molecule has 0 fully saturated rings. The summed E-state index contributed by atoms with van der Waals surface area (Å²) in [6, 6.07) is 10.2. The minimum Gasteiger partial charge on any atom is -0.341 e. The Balaban J connectivity index is 1.53. The van der Waals surface area contributed by atoms with Crippen LogP contribution in [0.5, 0.6) is 0 Å². The van der Waals surface area contributed by atoms with E-state index >= 15 is 0 Å². The third-order valence-electron chi connectivity index (χ3n) is 4.42. The van der Waals surface area contributed by atoms with Crippen LogP contribution in [0.3, 0.4) is 0 Å². The van der Waals surface area contributed by atoms with Crippen molar-refractivity contribution in [3.05, 3.63) is 52.8 Å². The van der Waals surface area contributed by atoms with Crippen molar-refractivity contribution in [1.29, 1.82) is 0 Å². The second kappa shape index (κ2) is 5.72. The lowest BCUT2D eigenvalue weighted by molar-refractivity contribution is 0.311. The third-order valence-corrected chi connectivity index (χ3v) is 4.42. The number of hydrogen-bond acceptors (Lipinski definition) is 5. The van der Waals surface area contributed by atoms with E-state index in [2.05, 4.69) is 59.3 Å². The number of rotatable bonds is 4. The maximum absolute atomic E-state index is 4.76. The van der Waals surface area contributed by atoms with Crippen LogP contribution in [-0.2, 0) is 13.1 Å². The third kappa shape index (κ3) is 2.65. The minimum atomic E-state index is 0.752. The maximum Gasteiger partial charge on any atom is 0.135 e. The van der Waals surface area contributed by atoms with Gasteiger partial charge in [-0.15, -0.1) is 0 Å². The first-order chi connectivity index (χ1) is 11.6. The average molecular weight is 321 g/mol. The summed E-state index contributed by atoms with van der Waals surface area (Å²) in [5.41, 5.74) is 7.40. The van der Waals surface area contributed by atoms with Gasteiger partial charge in [0.2, 0.25) is 0 Å². The molecule has 122 valence electrons. The van der Waals surface area contributed by atoms with Crippen molar-refractivity contribution in [3.63, 3.8) is 0 Å². The molecular weight excluding hydrogens is 302 g/mol. The van der Waals surface area contributed by atoms with Gasteiger partial charge < -0.3 is 4.98 Å². The summed E-state index contributed by atoms with van der Waals surface area (Å²) < 4.78 is 4.75. The van der Waals surface area contributed by atoms with Crippen molar-refractivity contribution >= 4 is 22.1 Å². The van der Waals surface area contributed by atoms with Crippen molar-refractivity contribution < 1.29 is 4.63 Å². The smallest absolute Gasteiger partial charge is 0.135 e. The van der Waals surface area contributed by atoms with Gasteiger partial charge in [-0.2, -0.15) is 0 Å². The topological polar surface area (TPSA) is 70.8 Å². The lowest BCUT2D eigenvalue weighted by atomic mass is 10.1. The van der Waals surface area contributed by atoms with Crippen LogP contribution in [0.1, 0.15) is 22.5 Å². The Kier molecular flexibility index (Phi) is 3.54. The molecule has 6 heteroatoms. The van der Waals surface area contributed by atoms with E-state index in [-0.39, 0.29) is 0 Å². The molecule has 0 saturated carbocycles. The fraction of sp³-hybridized carbons (Fsp3) is 0.278. The number of fused-ring (bicyclic) bond motifs is 2. The Morgan fingerprint density at radius 1 is 1.04 bits per heavy atom. The Morgan fingerprint density at radius 3 is 2.75 bits per heavy atom. The molecule has 2 aromatic heterocycles. The highest BCUT2D eigenvalue weighted by Gasteiger charge is 2.10. The molecule has 0 bridgehead atoms. The molecule has 4 rings (SSSR count). The second-order valence-electron chi connectivity index (χ2n) is 6.35. The Labute approximate surface area is 139 Å². The Morgan fingerprint density at radius 2 is 1.88 bits per heavy atom. The first-order valence-corrected chi connectivity index (χ1v) is 7.95. The predicted molar refractivity (Wildman–Crippen MR) is 92.5 cm³/mol. The quantitative estimate of drug-likeness (QED) is 0.624. The number of nitrogens with one attached hydrogen (secondary N) is 1. The van der Waals surface area contributed by atoms with Crippen molar-refractivity contribution in [2.24, 2.45) is 0 Å². The highest BCUT2D eigenvalue weighted by atomic mass is 16.6. The van der Waals surface area contributed by atoms with E-state index in [4.69, 9.17) is 9.61 Å². The van der Waals surface area contributed by atoms with Crippen LogP contribution in [0.2, 0.25) is 0 Å². The molecule has 0 radical (unpaired) electrons. The van der Waals surface area contributed by atoms with Crippen LogP contribution < -0.4 is 0 Å². The lowest BCUT2D eigenvalue weighted by Gasteiger charge is -2.14. The number of benzene rings is 2. The van der Waals surface area contributed by atoms with Crippen LogP contribution >= 0.6 is 0 Å². The molecule has 6 nitrogen and oxygen atoms in total. The molecule has 0 amide bonds. The summed E-state index contributed by atoms with van der Waals surface area (Å²) in [6.07, 6.45) is 0. The summed E-state index contributed by atoms with van der Waals surface area (Å²) in [5.74, 6) is 0.977. The Bertz CT molecular complexity index is 1020. The molecule has 0 aliphatic carbocycles. The van der Waals surface area contributed by atoms with Gasteiger partial charge in [0.25, 0.3) is 0 Å². The molecule has 1 N–H and O–H groups in total. The molecule has 2 heterocycles. The summed E-state index contributed by atoms with van der Waals surface area (Å²) in [4.78, 5) is 10.4. The average Bonchev–Trinajstić information content (AvgIpc) is 3.17. The van der Waals surface area contributed by atoms with Gasteiger partial charge >= 0.3 is 0 Å². The fourth-order valence-corrected chi connectivity index (χ4v) is 2.99. The van der Waals surface area contributed by atoms with Crippen LogP contribution in [0.4, 0.5) is 0 Å². The summed E-state index contributed by atoms with van der Waals surface area (Å²) in [5, 5.41) is 7.73. The highest BCUT2D eigenvalue weighted by molar-refractivity contribution is 5.79. The van der Waals surface area contributed by atoms with Gasteiger partial charge in [-0.3, -0.25) is 4.90 Å². The van der Waals surface area contributed by atoms with Crippen LogP contribution in [0, 0.1) is 13.8 Å². The van der Waals surface area contributed by atoms with Crippen LogP contribution in [0.25, 0.3) is 22.1 Å². The molecule has 4 aromatic rings. The van der Waals surface area contributed by atoms with Crippen LogP contribution in [0.15, 0.2) is 35.0 Å². The number of aromatic nitrogens is 4. The molecule has 0 unspecified atom stereocenters. The molecule has 0 aliphatic heterocycles. The van der Waals surface area contributed by atoms with Crippen molar-refractivity contribution in [2.75, 3.05) is 7.05 Å². The normalized spacial score (nSPS) is 11.8. The van der Waals surface area contributed by atoms with E-state index in [1.54, 1.807) is 0 Å². The van der Waals surface area contributed by atoms with Crippen molar-refractivity contribution in [3.8, 4) is 0 Å². The molecule has 0 aliphatic rings. The molecular formula is C18H19N5O. The summed E-state index contributed by atoms with van der Waals surface area (Å²) >= 11 is 0. The molecule has 0 saturated heterocycles. The van der Waals surface area contributed by atoms with Gasteiger partial charge in [0, 0.05) is 6.54 Å². The zero-order chi connectivity index (χ0) is 16.7. The Hall–Kier alpha value is -2.73. The van der Waals surface area contributed by atoms with E-state index in [9.17, 15) is 0 Å². The number of aromatic amines is 1. The first kappa shape index (κ1) is 14.8. The maximum atomic E-state index is 4.76. The van der Waals surface area contributed by atoms with Crippen molar-refractivity contribution in [2.45, 2.75) is 26.9 Å². The molecule has 24 heavy (non-hydrogen) atoms. The zero-order valence-corrected chi connectivity index (χ0v) is 14.0.